The van der Waals surface area contributed by atoms with E-state index in [0.29, 0.717) is 12.4 Å². The van der Waals surface area contributed by atoms with Crippen molar-refractivity contribution in [3.8, 4) is 5.75 Å². The van der Waals surface area contributed by atoms with Crippen LogP contribution in [0.1, 0.15) is 40.8 Å². The molecule has 0 aliphatic heterocycles. The van der Waals surface area contributed by atoms with Crippen molar-refractivity contribution >= 4 is 22.5 Å². The van der Waals surface area contributed by atoms with Crippen LogP contribution >= 0.6 is 0 Å². The zero-order valence-electron chi connectivity index (χ0n) is 18.6. The van der Waals surface area contributed by atoms with Crippen LogP contribution in [0, 0.1) is 13.8 Å². The number of rotatable bonds is 6. The fourth-order valence-electron chi connectivity index (χ4n) is 2.73. The summed E-state index contributed by atoms with van der Waals surface area (Å²) in [5.74, 6) is 2.34. The number of methoxy groups -OCH3 is 1. The van der Waals surface area contributed by atoms with E-state index in [-0.39, 0.29) is 5.76 Å². The van der Waals surface area contributed by atoms with Crippen LogP contribution < -0.4 is 9.46 Å². The first-order valence-corrected chi connectivity index (χ1v) is 11.5. The average Bonchev–Trinajstić information content (AvgIpc) is 2.93. The Morgan fingerprint density at radius 3 is 2.45 bits per heavy atom. The van der Waals surface area contributed by atoms with E-state index in [1.54, 1.807) is 20.1 Å². The van der Waals surface area contributed by atoms with Crippen LogP contribution in [0.25, 0.3) is 5.57 Å². The molecular weight excluding hydrogens is 414 g/mol. The molecule has 0 saturated carbocycles. The number of allylic oxidation sites excluding steroid dienone is 5. The Balaban J connectivity index is 0.000000233. The van der Waals surface area contributed by atoms with Crippen molar-refractivity contribution in [1.82, 2.24) is 4.72 Å². The summed E-state index contributed by atoms with van der Waals surface area (Å²) < 4.78 is 28.7. The highest BCUT2D eigenvalue weighted by Crippen LogP contribution is 2.23. The summed E-state index contributed by atoms with van der Waals surface area (Å²) in [5.41, 5.74) is 3.28. The predicted molar refractivity (Wildman–Crippen MR) is 124 cm³/mol. The van der Waals surface area contributed by atoms with Gasteiger partial charge in [0.1, 0.15) is 22.5 Å². The maximum atomic E-state index is 11.2. The van der Waals surface area contributed by atoms with Crippen LogP contribution in [0.5, 0.6) is 5.75 Å². The molecule has 0 fully saturated rings. The quantitative estimate of drug-likeness (QED) is 0.689. The van der Waals surface area contributed by atoms with Crippen molar-refractivity contribution in [2.45, 2.75) is 27.2 Å². The van der Waals surface area contributed by atoms with Crippen LogP contribution in [0.15, 0.2) is 64.8 Å². The number of furan rings is 1. The molecule has 2 aromatic rings. The number of carbonyl (C=O) groups excluding carboxylic acids is 1. The van der Waals surface area contributed by atoms with Crippen LogP contribution in [0.4, 0.5) is 0 Å². The Kier molecular flexibility index (Phi) is 9.34. The molecule has 1 amide bonds. The molecule has 0 radical (unpaired) electrons. The van der Waals surface area contributed by atoms with Crippen LogP contribution in [-0.4, -0.2) is 30.1 Å². The second-order valence-electron chi connectivity index (χ2n) is 6.76. The number of hydrogen-bond donors (Lipinski definition) is 1. The number of ether oxygens (including phenoxy) is 2. The first kappa shape index (κ1) is 24.2. The fraction of sp³-hybridized carbons (Fsp3) is 0.292. The summed E-state index contributed by atoms with van der Waals surface area (Å²) in [4.78, 5) is 11.2. The number of benzene rings is 1. The first-order valence-electron chi connectivity index (χ1n) is 9.90. The van der Waals surface area contributed by atoms with Crippen molar-refractivity contribution in [3.05, 3.63) is 83.0 Å². The molecule has 0 spiro atoms. The van der Waals surface area contributed by atoms with Crippen molar-refractivity contribution in [2.75, 3.05) is 20.0 Å². The first-order chi connectivity index (χ1) is 14.8. The zero-order valence-corrected chi connectivity index (χ0v) is 19.4. The summed E-state index contributed by atoms with van der Waals surface area (Å²) in [6, 6.07) is 9.77. The number of amides is 1. The third-order valence-electron chi connectivity index (χ3n) is 4.45. The van der Waals surface area contributed by atoms with Gasteiger partial charge in [-0.1, -0.05) is 30.4 Å². The fourth-order valence-corrected chi connectivity index (χ4v) is 3.09. The molecule has 3 rings (SSSR count). The van der Waals surface area contributed by atoms with E-state index in [2.05, 4.69) is 35.1 Å². The van der Waals surface area contributed by atoms with Gasteiger partial charge < -0.3 is 13.9 Å². The second-order valence-corrected chi connectivity index (χ2v) is 7.87. The molecule has 1 atom stereocenters. The molecule has 1 N–H and O–H groups in total. The molecule has 1 heterocycles. The molecule has 1 aliphatic rings. The maximum absolute atomic E-state index is 11.2. The van der Waals surface area contributed by atoms with E-state index in [4.69, 9.17) is 13.9 Å². The van der Waals surface area contributed by atoms with Crippen molar-refractivity contribution in [2.24, 2.45) is 0 Å². The Morgan fingerprint density at radius 2 is 1.90 bits per heavy atom. The lowest BCUT2D eigenvalue weighted by molar-refractivity contribution is 0.0955. The Bertz CT molecular complexity index is 980. The Labute approximate surface area is 186 Å². The molecule has 6 nitrogen and oxygen atoms in total. The monoisotopic (exact) mass is 443 g/mol. The van der Waals surface area contributed by atoms with Gasteiger partial charge in [-0.15, -0.1) is 0 Å². The van der Waals surface area contributed by atoms with E-state index < -0.39 is 16.9 Å². The molecule has 0 saturated heterocycles. The highest BCUT2D eigenvalue weighted by atomic mass is 32.2. The SMILES string of the molecule is CCOc1ccc(C2=CC=C(OC)CC=C2)cc1.Cc1cc(C(=O)NS(C)=O)oc1C. The molecule has 7 heteroatoms. The van der Waals surface area contributed by atoms with Gasteiger partial charge in [0.15, 0.2) is 5.76 Å². The van der Waals surface area contributed by atoms with Gasteiger partial charge in [0.05, 0.1) is 19.5 Å². The van der Waals surface area contributed by atoms with Gasteiger partial charge in [-0.3, -0.25) is 9.52 Å². The van der Waals surface area contributed by atoms with E-state index in [1.165, 1.54) is 17.4 Å². The third-order valence-corrected chi connectivity index (χ3v) is 4.93. The topological polar surface area (TPSA) is 77.8 Å². The van der Waals surface area contributed by atoms with Crippen molar-refractivity contribution in [1.29, 1.82) is 0 Å². The molecule has 0 bridgehead atoms. The van der Waals surface area contributed by atoms with Gasteiger partial charge in [-0.25, -0.2) is 4.21 Å². The lowest BCUT2D eigenvalue weighted by Gasteiger charge is -2.05. The molecule has 1 aromatic heterocycles. The lowest BCUT2D eigenvalue weighted by atomic mass is 10.1. The van der Waals surface area contributed by atoms with Gasteiger partial charge in [0, 0.05) is 12.7 Å². The van der Waals surface area contributed by atoms with Crippen molar-refractivity contribution in [3.63, 3.8) is 0 Å². The molecular formula is C24H29NO5S. The maximum Gasteiger partial charge on any atom is 0.298 e. The number of carbonyl (C=O) groups is 1. The van der Waals surface area contributed by atoms with E-state index in [9.17, 15) is 9.00 Å². The Hall–Kier alpha value is -3.06. The summed E-state index contributed by atoms with van der Waals surface area (Å²) in [5, 5.41) is 0. The van der Waals surface area contributed by atoms with E-state index >= 15 is 0 Å². The standard InChI is InChI=1S/C16H18O2.C8H11NO3S/c1-3-18-16-11-8-14(9-12-16)13-5-4-6-15(17-2)10-7-13;1-5-4-7(12-6(5)2)8(10)9-13(3)11/h4-5,7-12H,3,6H2,1-2H3;4H,1-3H3,(H,9,10). The summed E-state index contributed by atoms with van der Waals surface area (Å²) in [6.45, 7) is 6.30. The van der Waals surface area contributed by atoms with Crippen LogP contribution in [0.3, 0.4) is 0 Å². The second kappa shape index (κ2) is 12.0. The third kappa shape index (κ3) is 7.61. The molecule has 1 unspecified atom stereocenters. The average molecular weight is 444 g/mol. The van der Waals surface area contributed by atoms with Gasteiger partial charge >= 0.3 is 0 Å². The van der Waals surface area contributed by atoms with Gasteiger partial charge in [-0.2, -0.15) is 0 Å². The van der Waals surface area contributed by atoms with E-state index in [1.807, 2.05) is 32.1 Å². The molecule has 31 heavy (non-hydrogen) atoms. The molecule has 1 aliphatic carbocycles. The minimum atomic E-state index is -1.35. The largest absolute Gasteiger partial charge is 0.501 e. The smallest absolute Gasteiger partial charge is 0.298 e. The van der Waals surface area contributed by atoms with Crippen molar-refractivity contribution < 1.29 is 22.9 Å². The minimum Gasteiger partial charge on any atom is -0.501 e. The number of nitrogens with one attached hydrogen (secondary N) is 1. The van der Waals surface area contributed by atoms with E-state index in [0.717, 1.165) is 23.5 Å². The highest BCUT2D eigenvalue weighted by Gasteiger charge is 2.12. The predicted octanol–water partition coefficient (Wildman–Crippen LogP) is 4.88. The van der Waals surface area contributed by atoms with Gasteiger partial charge in [0.25, 0.3) is 5.91 Å². The van der Waals surface area contributed by atoms with Crippen LogP contribution in [-0.2, 0) is 15.7 Å². The van der Waals surface area contributed by atoms with Crippen LogP contribution in [0.2, 0.25) is 0 Å². The zero-order chi connectivity index (χ0) is 22.8. The molecule has 166 valence electrons. The Morgan fingerprint density at radius 1 is 1.19 bits per heavy atom. The summed E-state index contributed by atoms with van der Waals surface area (Å²) in [6.07, 6.45) is 10.6. The number of hydrogen-bond acceptors (Lipinski definition) is 5. The van der Waals surface area contributed by atoms with Gasteiger partial charge in [0.2, 0.25) is 0 Å². The minimum absolute atomic E-state index is 0.199. The normalized spacial score (nSPS) is 13.7. The number of aryl methyl sites for hydroxylation is 2. The summed E-state index contributed by atoms with van der Waals surface area (Å²) in [7, 11) is 0.351. The highest BCUT2D eigenvalue weighted by molar-refractivity contribution is 7.82. The summed E-state index contributed by atoms with van der Waals surface area (Å²) >= 11 is 0. The molecule has 1 aromatic carbocycles. The lowest BCUT2D eigenvalue weighted by Crippen LogP contribution is -2.24. The van der Waals surface area contributed by atoms with Gasteiger partial charge in [-0.05, 0) is 61.7 Å².